The lowest BCUT2D eigenvalue weighted by molar-refractivity contribution is 0.555. The van der Waals surface area contributed by atoms with Crippen molar-refractivity contribution in [1.82, 2.24) is 0 Å². The van der Waals surface area contributed by atoms with E-state index in [2.05, 4.69) is 0 Å². The molecule has 1 aliphatic carbocycles. The van der Waals surface area contributed by atoms with Gasteiger partial charge in [-0.2, -0.15) is 0 Å². The summed E-state index contributed by atoms with van der Waals surface area (Å²) in [4.78, 5) is 0. The summed E-state index contributed by atoms with van der Waals surface area (Å²) in [6, 6.07) is 3.84. The molecule has 1 nitrogen and oxygen atoms in total. The molecule has 0 spiro atoms. The quantitative estimate of drug-likeness (QED) is 0.681. The number of nitrogens with two attached hydrogens (primary N) is 1. The molecule has 0 aromatic heterocycles. The Morgan fingerprint density at radius 1 is 1.25 bits per heavy atom. The van der Waals surface area contributed by atoms with Gasteiger partial charge in [0.1, 0.15) is 11.6 Å². The van der Waals surface area contributed by atoms with Crippen LogP contribution in [0.4, 0.5) is 8.78 Å². The summed E-state index contributed by atoms with van der Waals surface area (Å²) in [5.41, 5.74) is 5.66. The van der Waals surface area contributed by atoms with E-state index in [1.165, 1.54) is 18.2 Å². The molecule has 1 aromatic carbocycles. The van der Waals surface area contributed by atoms with Gasteiger partial charge in [0.2, 0.25) is 0 Å². The summed E-state index contributed by atoms with van der Waals surface area (Å²) in [6.07, 6.45) is 0.692. The second-order valence-electron chi connectivity index (χ2n) is 3.14. The fourth-order valence-corrected chi connectivity index (χ4v) is 1.41. The summed E-state index contributed by atoms with van der Waals surface area (Å²) in [7, 11) is 0. The van der Waals surface area contributed by atoms with Crippen LogP contribution in [0.3, 0.4) is 0 Å². The summed E-state index contributed by atoms with van der Waals surface area (Å²) in [5.74, 6) is -1.06. The number of hydrogen-bond donors (Lipinski definition) is 1. The lowest BCUT2D eigenvalue weighted by atomic mass is 10.1. The number of rotatable bonds is 1. The van der Waals surface area contributed by atoms with Gasteiger partial charge in [-0.1, -0.05) is 6.07 Å². The molecule has 1 aromatic rings. The molecule has 1 fully saturated rings. The molecule has 12 heavy (non-hydrogen) atoms. The van der Waals surface area contributed by atoms with Gasteiger partial charge in [-0.15, -0.1) is 0 Å². The first-order chi connectivity index (χ1) is 5.70. The molecule has 3 heteroatoms. The highest BCUT2D eigenvalue weighted by Gasteiger charge is 2.38. The van der Waals surface area contributed by atoms with E-state index in [0.29, 0.717) is 6.42 Å². The molecule has 2 atom stereocenters. The van der Waals surface area contributed by atoms with Crippen LogP contribution in [0.2, 0.25) is 0 Å². The first-order valence-electron chi connectivity index (χ1n) is 3.89. The van der Waals surface area contributed by atoms with Crippen molar-refractivity contribution in [2.24, 2.45) is 5.73 Å². The predicted octanol–water partition coefficient (Wildman–Crippen LogP) is 1.78. The molecule has 1 saturated carbocycles. The van der Waals surface area contributed by atoms with Crippen LogP contribution in [0.1, 0.15) is 17.9 Å². The second-order valence-corrected chi connectivity index (χ2v) is 3.14. The second kappa shape index (κ2) is 2.52. The monoisotopic (exact) mass is 169 g/mol. The van der Waals surface area contributed by atoms with Crippen molar-refractivity contribution in [3.63, 3.8) is 0 Å². The van der Waals surface area contributed by atoms with Gasteiger partial charge < -0.3 is 5.73 Å². The maximum absolute atomic E-state index is 13.0. The average Bonchev–Trinajstić information content (AvgIpc) is 2.67. The Kier molecular flexibility index (Phi) is 1.61. The molecule has 0 unspecified atom stereocenters. The van der Waals surface area contributed by atoms with Crippen molar-refractivity contribution >= 4 is 0 Å². The van der Waals surface area contributed by atoms with Crippen LogP contribution < -0.4 is 5.73 Å². The normalized spacial score (nSPS) is 27.2. The molecule has 0 bridgehead atoms. The minimum Gasteiger partial charge on any atom is -0.327 e. The molecule has 1 aliphatic rings. The highest BCUT2D eigenvalue weighted by atomic mass is 19.1. The first kappa shape index (κ1) is 7.68. The van der Waals surface area contributed by atoms with Crippen molar-refractivity contribution in [3.05, 3.63) is 35.4 Å². The van der Waals surface area contributed by atoms with Crippen LogP contribution in [-0.4, -0.2) is 6.04 Å². The van der Waals surface area contributed by atoms with Crippen LogP contribution in [0, 0.1) is 11.6 Å². The molecular weight excluding hydrogens is 160 g/mol. The van der Waals surface area contributed by atoms with E-state index in [-0.39, 0.29) is 17.5 Å². The van der Waals surface area contributed by atoms with Crippen LogP contribution in [0.5, 0.6) is 0 Å². The standard InChI is InChI=1S/C9H9F2N/c10-6-2-1-3-7(11)9(6)5-4-8(5)12/h1-3,5,8H,4,12H2/t5-,8-/m1/s1. The van der Waals surface area contributed by atoms with Crippen molar-refractivity contribution in [2.75, 3.05) is 0 Å². The lowest BCUT2D eigenvalue weighted by Gasteiger charge is -2.01. The van der Waals surface area contributed by atoms with E-state index in [4.69, 9.17) is 5.73 Å². The molecule has 0 heterocycles. The molecule has 0 amide bonds. The Morgan fingerprint density at radius 3 is 2.17 bits per heavy atom. The van der Waals surface area contributed by atoms with Crippen LogP contribution in [0.25, 0.3) is 0 Å². The Morgan fingerprint density at radius 2 is 1.75 bits per heavy atom. The van der Waals surface area contributed by atoms with Crippen LogP contribution in [0.15, 0.2) is 18.2 Å². The van der Waals surface area contributed by atoms with Crippen LogP contribution >= 0.6 is 0 Å². The minimum absolute atomic E-state index is 0.0589. The van der Waals surface area contributed by atoms with E-state index < -0.39 is 11.6 Å². The smallest absolute Gasteiger partial charge is 0.129 e. The average molecular weight is 169 g/mol. The SMILES string of the molecule is N[C@@H]1C[C@H]1c1c(F)cccc1F. The zero-order valence-electron chi connectivity index (χ0n) is 6.43. The van der Waals surface area contributed by atoms with Gasteiger partial charge in [0.25, 0.3) is 0 Å². The summed E-state index contributed by atoms with van der Waals surface area (Å²) < 4.78 is 26.0. The Bertz CT molecular complexity index is 291. The van der Waals surface area contributed by atoms with Gasteiger partial charge in [-0.25, -0.2) is 8.78 Å². The summed E-state index contributed by atoms with van der Waals surface area (Å²) >= 11 is 0. The minimum atomic E-state index is -0.479. The predicted molar refractivity (Wildman–Crippen MR) is 41.7 cm³/mol. The Balaban J connectivity index is 2.41. The Labute approximate surface area is 69.2 Å². The van der Waals surface area contributed by atoms with Gasteiger partial charge in [0, 0.05) is 17.5 Å². The van der Waals surface area contributed by atoms with Gasteiger partial charge in [0.05, 0.1) is 0 Å². The largest absolute Gasteiger partial charge is 0.327 e. The number of hydrogen-bond acceptors (Lipinski definition) is 1. The van der Waals surface area contributed by atoms with E-state index >= 15 is 0 Å². The number of halogens is 2. The molecule has 0 radical (unpaired) electrons. The van der Waals surface area contributed by atoms with Crippen molar-refractivity contribution in [3.8, 4) is 0 Å². The zero-order valence-corrected chi connectivity index (χ0v) is 6.43. The third-order valence-electron chi connectivity index (χ3n) is 2.21. The molecule has 0 aliphatic heterocycles. The third kappa shape index (κ3) is 1.10. The Hall–Kier alpha value is -0.960. The molecule has 2 N–H and O–H groups in total. The summed E-state index contributed by atoms with van der Waals surface area (Å²) in [5, 5.41) is 0. The highest BCUT2D eigenvalue weighted by molar-refractivity contribution is 5.30. The van der Waals surface area contributed by atoms with Crippen molar-refractivity contribution in [1.29, 1.82) is 0 Å². The maximum atomic E-state index is 13.0. The fraction of sp³-hybridized carbons (Fsp3) is 0.333. The van der Waals surface area contributed by atoms with E-state index in [9.17, 15) is 8.78 Å². The summed E-state index contributed by atoms with van der Waals surface area (Å²) in [6.45, 7) is 0. The molecule has 0 saturated heterocycles. The van der Waals surface area contributed by atoms with Gasteiger partial charge in [0.15, 0.2) is 0 Å². The molecular formula is C9H9F2N. The molecule has 64 valence electrons. The highest BCUT2D eigenvalue weighted by Crippen LogP contribution is 2.41. The van der Waals surface area contributed by atoms with Crippen LogP contribution in [-0.2, 0) is 0 Å². The van der Waals surface area contributed by atoms with E-state index in [1.807, 2.05) is 0 Å². The maximum Gasteiger partial charge on any atom is 0.129 e. The van der Waals surface area contributed by atoms with Gasteiger partial charge >= 0.3 is 0 Å². The molecule has 2 rings (SSSR count). The van der Waals surface area contributed by atoms with Gasteiger partial charge in [-0.05, 0) is 18.6 Å². The van der Waals surface area contributed by atoms with Crippen molar-refractivity contribution < 1.29 is 8.78 Å². The first-order valence-corrected chi connectivity index (χ1v) is 3.89. The zero-order chi connectivity index (χ0) is 8.72. The van der Waals surface area contributed by atoms with E-state index in [1.54, 1.807) is 0 Å². The van der Waals surface area contributed by atoms with E-state index in [0.717, 1.165) is 0 Å². The topological polar surface area (TPSA) is 26.0 Å². The van der Waals surface area contributed by atoms with Crippen molar-refractivity contribution in [2.45, 2.75) is 18.4 Å². The van der Waals surface area contributed by atoms with Gasteiger partial charge in [-0.3, -0.25) is 0 Å². The third-order valence-corrected chi connectivity index (χ3v) is 2.21. The lowest BCUT2D eigenvalue weighted by Crippen LogP contribution is -2.03. The number of benzene rings is 1. The fourth-order valence-electron chi connectivity index (χ4n) is 1.41.